The predicted molar refractivity (Wildman–Crippen MR) is 194 cm³/mol. The van der Waals surface area contributed by atoms with Gasteiger partial charge < -0.3 is 15.0 Å². The highest BCUT2D eigenvalue weighted by Gasteiger charge is 2.35. The van der Waals surface area contributed by atoms with E-state index in [2.05, 4.69) is 5.32 Å². The molecule has 0 radical (unpaired) electrons. The van der Waals surface area contributed by atoms with E-state index < -0.39 is 28.5 Å². The van der Waals surface area contributed by atoms with Crippen molar-refractivity contribution in [1.82, 2.24) is 10.2 Å². The van der Waals surface area contributed by atoms with Crippen LogP contribution in [0.1, 0.15) is 43.9 Å². The molecular formula is C38H45N3O5S2. The number of hydrogen-bond donors (Lipinski definition) is 1. The number of hydrogen-bond acceptors (Lipinski definition) is 6. The molecule has 0 unspecified atom stereocenters. The van der Waals surface area contributed by atoms with E-state index in [0.29, 0.717) is 24.5 Å². The van der Waals surface area contributed by atoms with Crippen molar-refractivity contribution >= 4 is 39.3 Å². The summed E-state index contributed by atoms with van der Waals surface area (Å²) >= 11 is 1.51. The van der Waals surface area contributed by atoms with Gasteiger partial charge in [0, 0.05) is 23.9 Å². The third-order valence-electron chi connectivity index (χ3n) is 8.07. The Morgan fingerprint density at radius 1 is 0.875 bits per heavy atom. The summed E-state index contributed by atoms with van der Waals surface area (Å²) < 4.78 is 35.4. The highest BCUT2D eigenvalue weighted by atomic mass is 32.2. The molecule has 0 fully saturated rings. The molecule has 2 amide bonds. The van der Waals surface area contributed by atoms with E-state index in [1.807, 2.05) is 88.5 Å². The standard InChI is InChI=1S/C38H45N3O5S2/c1-6-29(4)39-38(43)36(25-30-13-9-8-10-14-30)40(26-31-15-11-12-28(3)24-31)37(42)27-41(32-16-18-33(19-17-32)46-7-2)48(44,45)35-22-20-34(47-5)21-23-35/h8-24,29,36H,6-7,25-27H2,1-5H3,(H,39,43)/t29-,36-/m1/s1. The van der Waals surface area contributed by atoms with Gasteiger partial charge in [0.05, 0.1) is 17.2 Å². The van der Waals surface area contributed by atoms with Crippen LogP contribution in [0, 0.1) is 6.92 Å². The van der Waals surface area contributed by atoms with Gasteiger partial charge in [-0.05, 0) is 93.1 Å². The second-order valence-corrected chi connectivity index (χ2v) is 14.4. The average Bonchev–Trinajstić information content (AvgIpc) is 3.09. The van der Waals surface area contributed by atoms with E-state index in [0.717, 1.165) is 25.9 Å². The van der Waals surface area contributed by atoms with Gasteiger partial charge in [-0.1, -0.05) is 67.1 Å². The molecule has 1 N–H and O–H groups in total. The smallest absolute Gasteiger partial charge is 0.264 e. The largest absolute Gasteiger partial charge is 0.494 e. The second-order valence-electron chi connectivity index (χ2n) is 11.6. The molecule has 8 nitrogen and oxygen atoms in total. The molecule has 0 aliphatic heterocycles. The number of anilines is 1. The minimum Gasteiger partial charge on any atom is -0.494 e. The molecule has 4 aromatic carbocycles. The van der Waals surface area contributed by atoms with Gasteiger partial charge in [0.15, 0.2) is 0 Å². The summed E-state index contributed by atoms with van der Waals surface area (Å²) in [6, 6.07) is 29.5. The Morgan fingerprint density at radius 3 is 2.15 bits per heavy atom. The number of aryl methyl sites for hydroxylation is 1. The van der Waals surface area contributed by atoms with Crippen LogP contribution < -0.4 is 14.4 Å². The van der Waals surface area contributed by atoms with E-state index in [-0.39, 0.29) is 29.8 Å². The Kier molecular flexibility index (Phi) is 13.1. The first-order valence-electron chi connectivity index (χ1n) is 16.1. The lowest BCUT2D eigenvalue weighted by Crippen LogP contribution is -2.54. The van der Waals surface area contributed by atoms with Crippen molar-refractivity contribution in [3.05, 3.63) is 120 Å². The van der Waals surface area contributed by atoms with Crippen LogP contribution in [-0.2, 0) is 32.6 Å². The highest BCUT2D eigenvalue weighted by molar-refractivity contribution is 7.98. The van der Waals surface area contributed by atoms with E-state index in [1.54, 1.807) is 48.5 Å². The van der Waals surface area contributed by atoms with Crippen molar-refractivity contribution in [2.24, 2.45) is 0 Å². The minimum absolute atomic E-state index is 0.0579. The van der Waals surface area contributed by atoms with E-state index >= 15 is 0 Å². The molecule has 48 heavy (non-hydrogen) atoms. The number of ether oxygens (including phenoxy) is 1. The van der Waals surface area contributed by atoms with Crippen molar-refractivity contribution < 1.29 is 22.7 Å². The molecule has 10 heteroatoms. The molecule has 0 bridgehead atoms. The summed E-state index contributed by atoms with van der Waals surface area (Å²) in [7, 11) is -4.20. The first-order chi connectivity index (χ1) is 23.0. The Labute approximate surface area is 289 Å². The lowest BCUT2D eigenvalue weighted by molar-refractivity contribution is -0.140. The van der Waals surface area contributed by atoms with Crippen LogP contribution in [0.25, 0.3) is 0 Å². The van der Waals surface area contributed by atoms with Crippen molar-refractivity contribution in [3.8, 4) is 5.75 Å². The number of amides is 2. The topological polar surface area (TPSA) is 96.0 Å². The maximum Gasteiger partial charge on any atom is 0.264 e. The van der Waals surface area contributed by atoms with Gasteiger partial charge in [0.2, 0.25) is 11.8 Å². The molecule has 0 aromatic heterocycles. The maximum absolute atomic E-state index is 14.7. The van der Waals surface area contributed by atoms with Gasteiger partial charge in [-0.3, -0.25) is 13.9 Å². The number of carbonyl (C=O) groups is 2. The van der Waals surface area contributed by atoms with Crippen molar-refractivity contribution in [2.45, 2.75) is 69.0 Å². The Hall–Kier alpha value is -4.28. The summed E-state index contributed by atoms with van der Waals surface area (Å²) in [5, 5.41) is 3.07. The lowest BCUT2D eigenvalue weighted by Gasteiger charge is -2.34. The third-order valence-corrected chi connectivity index (χ3v) is 10.6. The number of carbonyl (C=O) groups excluding carboxylic acids is 2. The number of nitrogens with one attached hydrogen (secondary N) is 1. The molecule has 0 aliphatic rings. The summed E-state index contributed by atoms with van der Waals surface area (Å²) in [5.41, 5.74) is 3.03. The van der Waals surface area contributed by atoms with Crippen LogP contribution in [0.2, 0.25) is 0 Å². The summed E-state index contributed by atoms with van der Waals surface area (Å²) in [4.78, 5) is 31.2. The number of sulfonamides is 1. The number of benzene rings is 4. The zero-order valence-corrected chi connectivity index (χ0v) is 29.9. The highest BCUT2D eigenvalue weighted by Crippen LogP contribution is 2.28. The minimum atomic E-state index is -4.20. The van der Waals surface area contributed by atoms with Crippen LogP contribution in [0.4, 0.5) is 5.69 Å². The van der Waals surface area contributed by atoms with Crippen molar-refractivity contribution in [2.75, 3.05) is 23.7 Å². The molecule has 4 aromatic rings. The van der Waals surface area contributed by atoms with Gasteiger partial charge >= 0.3 is 0 Å². The monoisotopic (exact) mass is 687 g/mol. The fourth-order valence-electron chi connectivity index (χ4n) is 5.28. The van der Waals surface area contributed by atoms with E-state index in [4.69, 9.17) is 4.74 Å². The van der Waals surface area contributed by atoms with E-state index in [9.17, 15) is 18.0 Å². The molecule has 0 saturated carbocycles. The van der Waals surface area contributed by atoms with Gasteiger partial charge in [-0.25, -0.2) is 8.42 Å². The van der Waals surface area contributed by atoms with Crippen LogP contribution in [0.15, 0.2) is 113 Å². The number of nitrogens with zero attached hydrogens (tertiary/aromatic N) is 2. The van der Waals surface area contributed by atoms with Gasteiger partial charge in [-0.15, -0.1) is 11.8 Å². The number of thioether (sulfide) groups is 1. The maximum atomic E-state index is 14.7. The summed E-state index contributed by atoms with van der Waals surface area (Å²) in [6.07, 6.45) is 2.89. The molecule has 0 aliphatic carbocycles. The Morgan fingerprint density at radius 2 is 1.54 bits per heavy atom. The average molecular weight is 688 g/mol. The molecule has 254 valence electrons. The molecule has 4 rings (SSSR count). The van der Waals surface area contributed by atoms with Crippen LogP contribution >= 0.6 is 11.8 Å². The van der Waals surface area contributed by atoms with Gasteiger partial charge in [0.25, 0.3) is 10.0 Å². The molecular weight excluding hydrogens is 643 g/mol. The van der Waals surface area contributed by atoms with Crippen molar-refractivity contribution in [3.63, 3.8) is 0 Å². The first kappa shape index (κ1) is 36.6. The quantitative estimate of drug-likeness (QED) is 0.129. The van der Waals surface area contributed by atoms with Gasteiger partial charge in [-0.2, -0.15) is 0 Å². The fourth-order valence-corrected chi connectivity index (χ4v) is 7.10. The lowest BCUT2D eigenvalue weighted by atomic mass is 10.0. The molecule has 0 spiro atoms. The molecule has 0 saturated heterocycles. The zero-order chi connectivity index (χ0) is 34.7. The molecule has 0 heterocycles. The normalized spacial score (nSPS) is 12.5. The SMILES string of the molecule is CCOc1ccc(N(CC(=O)N(Cc2cccc(C)c2)[C@H](Cc2ccccc2)C(=O)N[C@H](C)CC)S(=O)(=O)c2ccc(SC)cc2)cc1. The van der Waals surface area contributed by atoms with Crippen LogP contribution in [-0.4, -0.2) is 56.6 Å². The Balaban J connectivity index is 1.81. The number of rotatable bonds is 16. The molecule has 2 atom stereocenters. The van der Waals surface area contributed by atoms with Crippen LogP contribution in [0.5, 0.6) is 5.75 Å². The third kappa shape index (κ3) is 9.64. The predicted octanol–water partition coefficient (Wildman–Crippen LogP) is 6.87. The summed E-state index contributed by atoms with van der Waals surface area (Å²) in [6.45, 7) is 7.80. The zero-order valence-electron chi connectivity index (χ0n) is 28.3. The Bertz CT molecular complexity index is 1750. The summed E-state index contributed by atoms with van der Waals surface area (Å²) in [5.74, 6) is -0.216. The first-order valence-corrected chi connectivity index (χ1v) is 18.8. The van der Waals surface area contributed by atoms with Crippen LogP contribution in [0.3, 0.4) is 0 Å². The van der Waals surface area contributed by atoms with E-state index in [1.165, 1.54) is 16.7 Å². The fraction of sp³-hybridized carbons (Fsp3) is 0.316. The van der Waals surface area contributed by atoms with Crippen molar-refractivity contribution in [1.29, 1.82) is 0 Å². The van der Waals surface area contributed by atoms with Gasteiger partial charge in [0.1, 0.15) is 18.3 Å². The second kappa shape index (κ2) is 17.2.